The molecule has 0 aliphatic rings. The third-order valence-electron chi connectivity index (χ3n) is 2.67. The van der Waals surface area contributed by atoms with Crippen LogP contribution in [0.2, 0.25) is 0 Å². The van der Waals surface area contributed by atoms with Gasteiger partial charge >= 0.3 is 6.09 Å². The van der Waals surface area contributed by atoms with Crippen LogP contribution < -0.4 is 15.4 Å². The Labute approximate surface area is 126 Å². The highest BCUT2D eigenvalue weighted by molar-refractivity contribution is 5.83. The molecule has 6 heteroatoms. The number of carbonyl (C=O) groups excluding carboxylic acids is 1. The number of aryl methyl sites for hydroxylation is 1. The number of nitrogens with one attached hydrogen (secondary N) is 2. The fourth-order valence-electron chi connectivity index (χ4n) is 1.78. The highest BCUT2D eigenvalue weighted by atomic mass is 16.6. The Kier molecular flexibility index (Phi) is 6.42. The smallest absolute Gasteiger partial charge is 0.413 e. The Morgan fingerprint density at radius 2 is 2.10 bits per heavy atom. The van der Waals surface area contributed by atoms with E-state index in [1.54, 1.807) is 19.4 Å². The third kappa shape index (κ3) is 6.44. The Bertz CT molecular complexity index is 470. The number of amides is 1. The summed E-state index contributed by atoms with van der Waals surface area (Å²) in [6.45, 7) is 6.36. The van der Waals surface area contributed by atoms with Gasteiger partial charge in [0.2, 0.25) is 0 Å². The predicted molar refractivity (Wildman–Crippen MR) is 82.9 cm³/mol. The van der Waals surface area contributed by atoms with E-state index in [0.717, 1.165) is 24.9 Å². The molecule has 0 aliphatic heterocycles. The van der Waals surface area contributed by atoms with Crippen molar-refractivity contribution in [3.63, 3.8) is 0 Å². The lowest BCUT2D eigenvalue weighted by Crippen LogP contribution is -2.27. The van der Waals surface area contributed by atoms with Crippen molar-refractivity contribution in [1.82, 2.24) is 10.3 Å². The molecular weight excluding hydrogens is 270 g/mol. The molecule has 21 heavy (non-hydrogen) atoms. The van der Waals surface area contributed by atoms with E-state index in [4.69, 9.17) is 9.47 Å². The maximum atomic E-state index is 11.7. The quantitative estimate of drug-likeness (QED) is 0.789. The summed E-state index contributed by atoms with van der Waals surface area (Å²) in [5, 5.41) is 5.70. The molecule has 0 unspecified atom stereocenters. The van der Waals surface area contributed by atoms with E-state index in [2.05, 4.69) is 15.6 Å². The second-order valence-corrected chi connectivity index (χ2v) is 5.72. The number of hydrogen-bond donors (Lipinski definition) is 2. The maximum Gasteiger partial charge on any atom is 0.413 e. The van der Waals surface area contributed by atoms with Crippen LogP contribution >= 0.6 is 0 Å². The molecule has 1 amide bonds. The molecule has 2 N–H and O–H groups in total. The number of rotatable bonds is 6. The molecule has 1 heterocycles. The van der Waals surface area contributed by atoms with Gasteiger partial charge in [0.05, 0.1) is 7.11 Å². The van der Waals surface area contributed by atoms with Gasteiger partial charge in [-0.25, -0.2) is 9.78 Å². The first-order valence-electron chi connectivity index (χ1n) is 7.03. The van der Waals surface area contributed by atoms with E-state index >= 15 is 0 Å². The van der Waals surface area contributed by atoms with Gasteiger partial charge in [-0.05, 0) is 47.2 Å². The second-order valence-electron chi connectivity index (χ2n) is 5.72. The first-order valence-corrected chi connectivity index (χ1v) is 7.03. The Morgan fingerprint density at radius 1 is 1.38 bits per heavy atom. The molecule has 0 radical (unpaired) electrons. The van der Waals surface area contributed by atoms with E-state index in [1.165, 1.54) is 0 Å². The highest BCUT2D eigenvalue weighted by Crippen LogP contribution is 2.22. The summed E-state index contributed by atoms with van der Waals surface area (Å²) in [6.07, 6.45) is 3.05. The van der Waals surface area contributed by atoms with Crippen molar-refractivity contribution in [2.24, 2.45) is 0 Å². The minimum Gasteiger partial charge on any atom is -0.496 e. The normalized spacial score (nSPS) is 11.1. The lowest BCUT2D eigenvalue weighted by molar-refractivity contribution is 0.0635. The van der Waals surface area contributed by atoms with Gasteiger partial charge in [-0.15, -0.1) is 0 Å². The zero-order valence-electron chi connectivity index (χ0n) is 13.4. The lowest BCUT2D eigenvalue weighted by Gasteiger charge is -2.19. The molecule has 0 atom stereocenters. The first kappa shape index (κ1) is 17.2. The van der Waals surface area contributed by atoms with Crippen molar-refractivity contribution < 1.29 is 14.3 Å². The van der Waals surface area contributed by atoms with Crippen LogP contribution in [-0.4, -0.2) is 37.4 Å². The summed E-state index contributed by atoms with van der Waals surface area (Å²) < 4.78 is 10.5. The molecule has 0 aliphatic carbocycles. The molecular formula is C15H25N3O3. The topological polar surface area (TPSA) is 72.5 Å². The van der Waals surface area contributed by atoms with Gasteiger partial charge in [0.1, 0.15) is 17.2 Å². The summed E-state index contributed by atoms with van der Waals surface area (Å²) in [5.41, 5.74) is 0.476. The molecule has 0 aromatic carbocycles. The zero-order valence-corrected chi connectivity index (χ0v) is 13.4. The monoisotopic (exact) mass is 295 g/mol. The number of anilines is 1. The molecule has 1 aromatic rings. The van der Waals surface area contributed by atoms with Crippen molar-refractivity contribution in [1.29, 1.82) is 0 Å². The van der Waals surface area contributed by atoms with Crippen LogP contribution in [0.15, 0.2) is 12.3 Å². The molecule has 0 saturated carbocycles. The molecule has 0 saturated heterocycles. The van der Waals surface area contributed by atoms with Crippen LogP contribution in [-0.2, 0) is 11.2 Å². The molecule has 118 valence electrons. The SMILES string of the molecule is CNCCCc1cnc(NC(=O)OC(C)(C)C)cc1OC. The number of methoxy groups -OCH3 is 1. The fraction of sp³-hybridized carbons (Fsp3) is 0.600. The van der Waals surface area contributed by atoms with E-state index in [0.29, 0.717) is 11.6 Å². The standard InChI is InChI=1S/C15H25N3O3/c1-15(2,3)21-14(19)18-13-9-12(20-5)11(10-17-13)7-6-8-16-4/h9-10,16H,6-8H2,1-5H3,(H,17,18,19). The fourth-order valence-corrected chi connectivity index (χ4v) is 1.78. The van der Waals surface area contributed by atoms with Gasteiger partial charge in [-0.3, -0.25) is 5.32 Å². The van der Waals surface area contributed by atoms with Crippen molar-refractivity contribution >= 4 is 11.9 Å². The van der Waals surface area contributed by atoms with Crippen LogP contribution in [0.5, 0.6) is 5.75 Å². The lowest BCUT2D eigenvalue weighted by atomic mass is 10.1. The minimum atomic E-state index is -0.540. The van der Waals surface area contributed by atoms with Crippen LogP contribution in [0.3, 0.4) is 0 Å². The second kappa shape index (κ2) is 7.83. The van der Waals surface area contributed by atoms with E-state index in [-0.39, 0.29) is 0 Å². The molecule has 0 fully saturated rings. The van der Waals surface area contributed by atoms with Crippen LogP contribution in [0.25, 0.3) is 0 Å². The molecule has 1 rings (SSSR count). The Morgan fingerprint density at radius 3 is 2.67 bits per heavy atom. The van der Waals surface area contributed by atoms with Crippen molar-refractivity contribution in [2.45, 2.75) is 39.2 Å². The zero-order chi connectivity index (χ0) is 15.9. The number of pyridine rings is 1. The summed E-state index contributed by atoms with van der Waals surface area (Å²) in [5.74, 6) is 1.13. The number of aromatic nitrogens is 1. The largest absolute Gasteiger partial charge is 0.496 e. The molecule has 1 aromatic heterocycles. The summed E-state index contributed by atoms with van der Waals surface area (Å²) in [4.78, 5) is 15.9. The Balaban J connectivity index is 2.70. The molecule has 6 nitrogen and oxygen atoms in total. The van der Waals surface area contributed by atoms with Crippen molar-refractivity contribution in [3.05, 3.63) is 17.8 Å². The predicted octanol–water partition coefficient (Wildman–Crippen LogP) is 2.59. The van der Waals surface area contributed by atoms with Crippen molar-refractivity contribution in [3.8, 4) is 5.75 Å². The van der Waals surface area contributed by atoms with Crippen LogP contribution in [0, 0.1) is 0 Å². The highest BCUT2D eigenvalue weighted by Gasteiger charge is 2.17. The first-order chi connectivity index (χ1) is 9.85. The van der Waals surface area contributed by atoms with Crippen LogP contribution in [0.4, 0.5) is 10.6 Å². The number of hydrogen-bond acceptors (Lipinski definition) is 5. The summed E-state index contributed by atoms with van der Waals surface area (Å²) in [6, 6.07) is 1.71. The van der Waals surface area contributed by atoms with E-state index in [1.807, 2.05) is 27.8 Å². The van der Waals surface area contributed by atoms with Gasteiger partial charge in [0, 0.05) is 17.8 Å². The van der Waals surface area contributed by atoms with Gasteiger partial charge in [0.15, 0.2) is 0 Å². The van der Waals surface area contributed by atoms with E-state index in [9.17, 15) is 4.79 Å². The van der Waals surface area contributed by atoms with E-state index < -0.39 is 11.7 Å². The molecule has 0 bridgehead atoms. The summed E-state index contributed by atoms with van der Waals surface area (Å²) >= 11 is 0. The van der Waals surface area contributed by atoms with Gasteiger partial charge in [-0.1, -0.05) is 0 Å². The Hall–Kier alpha value is -1.82. The van der Waals surface area contributed by atoms with Crippen LogP contribution in [0.1, 0.15) is 32.8 Å². The molecule has 0 spiro atoms. The average Bonchev–Trinajstić information content (AvgIpc) is 2.38. The minimum absolute atomic E-state index is 0.415. The number of nitrogens with zero attached hydrogens (tertiary/aromatic N) is 1. The van der Waals surface area contributed by atoms with Gasteiger partial charge < -0.3 is 14.8 Å². The number of ether oxygens (including phenoxy) is 2. The number of carbonyl (C=O) groups is 1. The maximum absolute atomic E-state index is 11.7. The third-order valence-corrected chi connectivity index (χ3v) is 2.67. The van der Waals surface area contributed by atoms with Gasteiger partial charge in [-0.2, -0.15) is 0 Å². The summed E-state index contributed by atoms with van der Waals surface area (Å²) in [7, 11) is 3.53. The van der Waals surface area contributed by atoms with Crippen molar-refractivity contribution in [2.75, 3.05) is 26.0 Å². The average molecular weight is 295 g/mol. The van der Waals surface area contributed by atoms with Gasteiger partial charge in [0.25, 0.3) is 0 Å².